The van der Waals surface area contributed by atoms with E-state index in [1.165, 1.54) is 0 Å². The molecule has 3 rings (SSSR count). The number of carbonyl (C=O) groups excluding carboxylic acids is 2. The number of nitrogen functional groups attached to an aromatic ring is 1. The van der Waals surface area contributed by atoms with E-state index >= 15 is 0 Å². The highest BCUT2D eigenvalue weighted by molar-refractivity contribution is 6.07. The number of nitrogens with zero attached hydrogens (tertiary/aromatic N) is 2. The molecule has 1 fully saturated rings. The number of benzene rings is 2. The first kappa shape index (κ1) is 17.0. The minimum Gasteiger partial charge on any atom is -0.398 e. The molecule has 0 saturated carbocycles. The van der Waals surface area contributed by atoms with Crippen molar-refractivity contribution in [3.63, 3.8) is 0 Å². The third-order valence-corrected chi connectivity index (χ3v) is 4.39. The van der Waals surface area contributed by atoms with E-state index < -0.39 is 0 Å². The fraction of sp³-hybridized carbons (Fsp3) is 0.263. The number of hydrogen-bond acceptors (Lipinski definition) is 4. The van der Waals surface area contributed by atoms with E-state index in [4.69, 9.17) is 5.73 Å². The first-order chi connectivity index (χ1) is 12.0. The molecule has 2 aromatic rings. The van der Waals surface area contributed by atoms with E-state index in [1.807, 2.05) is 4.90 Å². The molecule has 0 aromatic heterocycles. The standard InChI is InChI=1S/C19H22N4O2/c1-22-10-12-23(13-11-22)19(25)14-6-8-15(9-7-14)21-18(24)16-4-2-3-5-17(16)20/h2-9H,10-13,20H2,1H3,(H,21,24). The highest BCUT2D eigenvalue weighted by Gasteiger charge is 2.20. The van der Waals surface area contributed by atoms with Gasteiger partial charge in [0.2, 0.25) is 0 Å². The molecule has 130 valence electrons. The van der Waals surface area contributed by atoms with Gasteiger partial charge in [0.25, 0.3) is 11.8 Å². The molecule has 1 aliphatic rings. The molecule has 0 spiro atoms. The Balaban J connectivity index is 1.65. The molecule has 1 saturated heterocycles. The van der Waals surface area contributed by atoms with Crippen LogP contribution in [0.4, 0.5) is 11.4 Å². The second kappa shape index (κ2) is 7.36. The molecule has 6 heteroatoms. The van der Waals surface area contributed by atoms with Gasteiger partial charge < -0.3 is 20.9 Å². The highest BCUT2D eigenvalue weighted by atomic mass is 16.2. The fourth-order valence-electron chi connectivity index (χ4n) is 2.79. The zero-order valence-electron chi connectivity index (χ0n) is 14.2. The maximum Gasteiger partial charge on any atom is 0.257 e. The maximum absolute atomic E-state index is 12.5. The molecule has 6 nitrogen and oxygen atoms in total. The third-order valence-electron chi connectivity index (χ3n) is 4.39. The van der Waals surface area contributed by atoms with Crippen LogP contribution < -0.4 is 11.1 Å². The van der Waals surface area contributed by atoms with Gasteiger partial charge in [-0.2, -0.15) is 0 Å². The molecule has 0 unspecified atom stereocenters. The molecular weight excluding hydrogens is 316 g/mol. The van der Waals surface area contributed by atoms with Gasteiger partial charge in [0.05, 0.1) is 5.56 Å². The van der Waals surface area contributed by atoms with E-state index in [0.29, 0.717) is 22.5 Å². The van der Waals surface area contributed by atoms with Gasteiger partial charge >= 0.3 is 0 Å². The maximum atomic E-state index is 12.5. The van der Waals surface area contributed by atoms with Crippen molar-refractivity contribution in [1.29, 1.82) is 0 Å². The van der Waals surface area contributed by atoms with Crippen LogP contribution in [0, 0.1) is 0 Å². The average molecular weight is 338 g/mol. The van der Waals surface area contributed by atoms with Crippen molar-refractivity contribution in [1.82, 2.24) is 9.80 Å². The summed E-state index contributed by atoms with van der Waals surface area (Å²) in [6, 6.07) is 13.9. The van der Waals surface area contributed by atoms with Crippen molar-refractivity contribution in [3.8, 4) is 0 Å². The lowest BCUT2D eigenvalue weighted by atomic mass is 10.1. The van der Waals surface area contributed by atoms with E-state index in [2.05, 4.69) is 17.3 Å². The summed E-state index contributed by atoms with van der Waals surface area (Å²) in [5.74, 6) is -0.241. The van der Waals surface area contributed by atoms with Crippen LogP contribution in [0.25, 0.3) is 0 Å². The number of rotatable bonds is 3. The Morgan fingerprint density at radius 3 is 2.24 bits per heavy atom. The van der Waals surface area contributed by atoms with Crippen LogP contribution in [0.3, 0.4) is 0 Å². The minimum absolute atomic E-state index is 0.0262. The zero-order valence-corrected chi connectivity index (χ0v) is 14.2. The number of nitrogens with one attached hydrogen (secondary N) is 1. The molecule has 25 heavy (non-hydrogen) atoms. The van der Waals surface area contributed by atoms with Crippen molar-refractivity contribution in [2.75, 3.05) is 44.3 Å². The lowest BCUT2D eigenvalue weighted by Gasteiger charge is -2.32. The van der Waals surface area contributed by atoms with Gasteiger partial charge in [0.1, 0.15) is 0 Å². The number of nitrogens with two attached hydrogens (primary N) is 1. The summed E-state index contributed by atoms with van der Waals surface area (Å²) in [6.07, 6.45) is 0. The van der Waals surface area contributed by atoms with Gasteiger partial charge in [-0.05, 0) is 43.4 Å². The Labute approximate surface area is 147 Å². The monoisotopic (exact) mass is 338 g/mol. The van der Waals surface area contributed by atoms with E-state index in [0.717, 1.165) is 26.2 Å². The molecule has 2 amide bonds. The van der Waals surface area contributed by atoms with E-state index in [-0.39, 0.29) is 11.8 Å². The Morgan fingerprint density at radius 1 is 0.960 bits per heavy atom. The molecule has 1 heterocycles. The van der Waals surface area contributed by atoms with Crippen molar-refractivity contribution in [2.45, 2.75) is 0 Å². The highest BCUT2D eigenvalue weighted by Crippen LogP contribution is 2.16. The first-order valence-corrected chi connectivity index (χ1v) is 8.28. The molecule has 1 aliphatic heterocycles. The average Bonchev–Trinajstić information content (AvgIpc) is 2.63. The van der Waals surface area contributed by atoms with Gasteiger partial charge in [-0.1, -0.05) is 12.1 Å². The van der Waals surface area contributed by atoms with Crippen molar-refractivity contribution in [3.05, 3.63) is 59.7 Å². The first-order valence-electron chi connectivity index (χ1n) is 8.28. The molecule has 3 N–H and O–H groups in total. The topological polar surface area (TPSA) is 78.7 Å². The van der Waals surface area contributed by atoms with Gasteiger partial charge in [0, 0.05) is 43.1 Å². The Bertz CT molecular complexity index is 765. The van der Waals surface area contributed by atoms with E-state index in [1.54, 1.807) is 48.5 Å². The molecular formula is C19H22N4O2. The number of anilines is 2. The van der Waals surface area contributed by atoms with Crippen LogP contribution in [-0.2, 0) is 0 Å². The van der Waals surface area contributed by atoms with Crippen molar-refractivity contribution in [2.24, 2.45) is 0 Å². The summed E-state index contributed by atoms with van der Waals surface area (Å²) in [6.45, 7) is 3.25. The quantitative estimate of drug-likeness (QED) is 0.838. The zero-order chi connectivity index (χ0) is 17.8. The Kier molecular flexibility index (Phi) is 5.00. The largest absolute Gasteiger partial charge is 0.398 e. The number of likely N-dealkylation sites (N-methyl/N-ethyl adjacent to an activating group) is 1. The number of amides is 2. The fourth-order valence-corrected chi connectivity index (χ4v) is 2.79. The molecule has 0 bridgehead atoms. The van der Waals surface area contributed by atoms with Crippen LogP contribution in [-0.4, -0.2) is 54.8 Å². The number of para-hydroxylation sites is 1. The summed E-state index contributed by atoms with van der Waals surface area (Å²) in [7, 11) is 2.05. The van der Waals surface area contributed by atoms with Gasteiger partial charge in [-0.15, -0.1) is 0 Å². The number of hydrogen-bond donors (Lipinski definition) is 2. The summed E-state index contributed by atoms with van der Waals surface area (Å²) in [5, 5.41) is 2.80. The Hall–Kier alpha value is -2.86. The van der Waals surface area contributed by atoms with Crippen molar-refractivity contribution >= 4 is 23.2 Å². The summed E-state index contributed by atoms with van der Waals surface area (Å²) in [5.41, 5.74) is 7.93. The van der Waals surface area contributed by atoms with Gasteiger partial charge in [-0.25, -0.2) is 0 Å². The smallest absolute Gasteiger partial charge is 0.257 e. The second-order valence-electron chi connectivity index (χ2n) is 6.21. The van der Waals surface area contributed by atoms with Crippen LogP contribution in [0.1, 0.15) is 20.7 Å². The van der Waals surface area contributed by atoms with Crippen molar-refractivity contribution < 1.29 is 9.59 Å². The molecule has 0 aliphatic carbocycles. The van der Waals surface area contributed by atoms with Crippen LogP contribution >= 0.6 is 0 Å². The molecule has 0 radical (unpaired) electrons. The van der Waals surface area contributed by atoms with Crippen LogP contribution in [0.2, 0.25) is 0 Å². The van der Waals surface area contributed by atoms with Crippen LogP contribution in [0.5, 0.6) is 0 Å². The van der Waals surface area contributed by atoms with Crippen LogP contribution in [0.15, 0.2) is 48.5 Å². The second-order valence-corrected chi connectivity index (χ2v) is 6.21. The lowest BCUT2D eigenvalue weighted by molar-refractivity contribution is 0.0664. The number of piperazine rings is 1. The molecule has 0 atom stereocenters. The SMILES string of the molecule is CN1CCN(C(=O)c2ccc(NC(=O)c3ccccc3N)cc2)CC1. The summed E-state index contributed by atoms with van der Waals surface area (Å²) >= 11 is 0. The normalized spacial score (nSPS) is 15.0. The predicted molar refractivity (Wildman–Crippen MR) is 98.7 cm³/mol. The summed E-state index contributed by atoms with van der Waals surface area (Å²) in [4.78, 5) is 28.8. The predicted octanol–water partition coefficient (Wildman–Crippen LogP) is 1.91. The Morgan fingerprint density at radius 2 is 1.60 bits per heavy atom. The minimum atomic E-state index is -0.267. The lowest BCUT2D eigenvalue weighted by Crippen LogP contribution is -2.47. The number of carbonyl (C=O) groups is 2. The third kappa shape index (κ3) is 3.97. The van der Waals surface area contributed by atoms with Gasteiger partial charge in [0.15, 0.2) is 0 Å². The van der Waals surface area contributed by atoms with Gasteiger partial charge in [-0.3, -0.25) is 9.59 Å². The van der Waals surface area contributed by atoms with E-state index in [9.17, 15) is 9.59 Å². The molecule has 2 aromatic carbocycles. The summed E-state index contributed by atoms with van der Waals surface area (Å²) < 4.78 is 0.